The topological polar surface area (TPSA) is 38.1 Å². The van der Waals surface area contributed by atoms with Crippen LogP contribution in [0.2, 0.25) is 0 Å². The fourth-order valence-corrected chi connectivity index (χ4v) is 2.46. The van der Waals surface area contributed by atoms with Crippen molar-refractivity contribution in [2.24, 2.45) is 0 Å². The third kappa shape index (κ3) is 4.86. The molecule has 1 amide bonds. The molecule has 0 atom stereocenters. The predicted octanol–water partition coefficient (Wildman–Crippen LogP) is 2.63. The molecule has 0 radical (unpaired) electrons. The van der Waals surface area contributed by atoms with Gasteiger partial charge in [-0.25, -0.2) is 4.98 Å². The van der Waals surface area contributed by atoms with E-state index in [1.54, 1.807) is 28.8 Å². The van der Waals surface area contributed by atoms with E-state index in [4.69, 9.17) is 11.6 Å². The minimum atomic E-state index is -0.0389. The van der Waals surface area contributed by atoms with E-state index in [9.17, 15) is 4.79 Å². The first-order valence-electron chi connectivity index (χ1n) is 5.60. The highest BCUT2D eigenvalue weighted by atomic mass is 35.5. The van der Waals surface area contributed by atoms with Crippen LogP contribution in [0.4, 0.5) is 0 Å². The zero-order valence-corrected chi connectivity index (χ0v) is 12.6. The molecule has 0 N–H and O–H groups in total. The number of imidazole rings is 1. The number of aromatic nitrogens is 2. The van der Waals surface area contributed by atoms with Crippen LogP contribution in [0.25, 0.3) is 0 Å². The quantitative estimate of drug-likeness (QED) is 0.768. The Morgan fingerprint density at radius 3 is 2.95 bits per heavy atom. The summed E-state index contributed by atoms with van der Waals surface area (Å²) >= 11 is 7.27. The highest BCUT2D eigenvalue weighted by molar-refractivity contribution is 7.07. The van der Waals surface area contributed by atoms with Crippen LogP contribution in [-0.2, 0) is 17.9 Å². The molecule has 0 aliphatic carbocycles. The number of carbonyl (C=O) groups is 1. The van der Waals surface area contributed by atoms with Crippen LogP contribution in [-0.4, -0.2) is 32.8 Å². The third-order valence-electron chi connectivity index (χ3n) is 2.61. The Morgan fingerprint density at radius 2 is 2.37 bits per heavy atom. The number of hydrogen-bond donors (Lipinski definition) is 0. The Hall–Kier alpha value is -1.04. The largest absolute Gasteiger partial charge is 0.336 e. The molecule has 0 aliphatic rings. The average Bonchev–Trinajstić information content (AvgIpc) is 3.06. The van der Waals surface area contributed by atoms with Gasteiger partial charge in [0.05, 0.1) is 6.33 Å². The van der Waals surface area contributed by atoms with E-state index in [-0.39, 0.29) is 24.2 Å². The molecular weight excluding hydrogens is 305 g/mol. The Kier molecular flexibility index (Phi) is 6.91. The smallest absolute Gasteiger partial charge is 0.237 e. The first-order valence-corrected chi connectivity index (χ1v) is 7.08. The minimum Gasteiger partial charge on any atom is -0.336 e. The molecule has 2 aromatic heterocycles. The van der Waals surface area contributed by atoms with E-state index in [1.165, 1.54) is 0 Å². The fourth-order valence-electron chi connectivity index (χ4n) is 1.63. The van der Waals surface area contributed by atoms with E-state index in [0.717, 1.165) is 12.1 Å². The van der Waals surface area contributed by atoms with Crippen molar-refractivity contribution in [1.82, 2.24) is 14.5 Å². The van der Waals surface area contributed by atoms with Gasteiger partial charge >= 0.3 is 0 Å². The summed E-state index contributed by atoms with van der Waals surface area (Å²) in [6, 6.07) is 2.02. The van der Waals surface area contributed by atoms with Gasteiger partial charge in [-0.15, -0.1) is 24.0 Å². The summed E-state index contributed by atoms with van der Waals surface area (Å²) in [6.07, 6.45) is 5.36. The number of amides is 1. The number of carbonyl (C=O) groups excluding carboxylic acids is 1. The van der Waals surface area contributed by atoms with Gasteiger partial charge in [0, 0.05) is 32.0 Å². The zero-order valence-electron chi connectivity index (χ0n) is 10.2. The maximum absolute atomic E-state index is 11.8. The molecule has 2 heterocycles. The van der Waals surface area contributed by atoms with Crippen molar-refractivity contribution in [1.29, 1.82) is 0 Å². The maximum Gasteiger partial charge on any atom is 0.237 e. The molecule has 2 aromatic rings. The summed E-state index contributed by atoms with van der Waals surface area (Å²) in [5.41, 5.74) is 1.14. The van der Waals surface area contributed by atoms with E-state index in [2.05, 4.69) is 4.98 Å². The Morgan fingerprint density at radius 1 is 1.53 bits per heavy atom. The Bertz CT molecular complexity index is 473. The monoisotopic (exact) mass is 319 g/mol. The van der Waals surface area contributed by atoms with Crippen molar-refractivity contribution < 1.29 is 4.79 Å². The van der Waals surface area contributed by atoms with Gasteiger partial charge in [-0.05, 0) is 22.4 Å². The minimum absolute atomic E-state index is 0. The van der Waals surface area contributed by atoms with Gasteiger partial charge < -0.3 is 9.47 Å². The molecule has 0 aromatic carbocycles. The first-order chi connectivity index (χ1) is 8.79. The summed E-state index contributed by atoms with van der Waals surface area (Å²) in [6.45, 7) is 1.98. The Labute approximate surface area is 127 Å². The molecule has 7 heteroatoms. The molecule has 4 nitrogen and oxygen atoms in total. The number of hydrogen-bond acceptors (Lipinski definition) is 3. The second kappa shape index (κ2) is 8.19. The van der Waals surface area contributed by atoms with Crippen LogP contribution in [0.1, 0.15) is 5.56 Å². The number of alkyl halides is 1. The van der Waals surface area contributed by atoms with Gasteiger partial charge in [0.25, 0.3) is 0 Å². The summed E-state index contributed by atoms with van der Waals surface area (Å²) in [5.74, 6) is -0.0170. The second-order valence-electron chi connectivity index (χ2n) is 3.88. The van der Waals surface area contributed by atoms with E-state index >= 15 is 0 Å². The Balaban J connectivity index is 0.00000180. The van der Waals surface area contributed by atoms with Crippen LogP contribution in [0.15, 0.2) is 35.5 Å². The lowest BCUT2D eigenvalue weighted by atomic mass is 10.3. The molecule has 2 rings (SSSR count). The third-order valence-corrected chi connectivity index (χ3v) is 3.57. The van der Waals surface area contributed by atoms with Gasteiger partial charge in [0.15, 0.2) is 0 Å². The number of halogens is 2. The van der Waals surface area contributed by atoms with Crippen molar-refractivity contribution in [3.8, 4) is 0 Å². The summed E-state index contributed by atoms with van der Waals surface area (Å²) < 4.78 is 1.95. The second-order valence-corrected chi connectivity index (χ2v) is 4.93. The van der Waals surface area contributed by atoms with E-state index in [0.29, 0.717) is 13.1 Å². The van der Waals surface area contributed by atoms with Crippen molar-refractivity contribution in [2.75, 3.05) is 12.4 Å². The number of nitrogens with zero attached hydrogens (tertiary/aromatic N) is 3. The van der Waals surface area contributed by atoms with E-state index < -0.39 is 0 Å². The van der Waals surface area contributed by atoms with Crippen LogP contribution in [0.3, 0.4) is 0 Å². The van der Waals surface area contributed by atoms with Crippen LogP contribution in [0, 0.1) is 0 Å². The maximum atomic E-state index is 11.8. The van der Waals surface area contributed by atoms with Crippen molar-refractivity contribution in [3.63, 3.8) is 0 Å². The summed E-state index contributed by atoms with van der Waals surface area (Å²) in [7, 11) is 0. The van der Waals surface area contributed by atoms with Crippen molar-refractivity contribution in [2.45, 2.75) is 13.1 Å². The lowest BCUT2D eigenvalue weighted by molar-refractivity contribution is -0.129. The number of thiophene rings is 1. The van der Waals surface area contributed by atoms with Crippen molar-refractivity contribution >= 4 is 41.3 Å². The fraction of sp³-hybridized carbons (Fsp3) is 0.333. The predicted molar refractivity (Wildman–Crippen MR) is 79.9 cm³/mol. The van der Waals surface area contributed by atoms with Gasteiger partial charge in [0.1, 0.15) is 5.88 Å². The molecule has 0 unspecified atom stereocenters. The SMILES string of the molecule is Cl.O=C(CCl)N(CCn1ccnc1)Cc1ccsc1. The van der Waals surface area contributed by atoms with Crippen LogP contribution < -0.4 is 0 Å². The number of rotatable bonds is 6. The first kappa shape index (κ1) is 16.0. The van der Waals surface area contributed by atoms with Gasteiger partial charge in [-0.1, -0.05) is 0 Å². The van der Waals surface area contributed by atoms with Crippen molar-refractivity contribution in [3.05, 3.63) is 41.1 Å². The molecule has 104 valence electrons. The molecule has 19 heavy (non-hydrogen) atoms. The van der Waals surface area contributed by atoms with Crippen LogP contribution >= 0.6 is 35.3 Å². The highest BCUT2D eigenvalue weighted by Crippen LogP contribution is 2.10. The molecule has 0 fully saturated rings. The van der Waals surface area contributed by atoms with Gasteiger partial charge in [0.2, 0.25) is 5.91 Å². The van der Waals surface area contributed by atoms with E-state index in [1.807, 2.05) is 27.6 Å². The van der Waals surface area contributed by atoms with Crippen LogP contribution in [0.5, 0.6) is 0 Å². The lowest BCUT2D eigenvalue weighted by Gasteiger charge is -2.21. The molecule has 0 spiro atoms. The molecule has 0 bridgehead atoms. The lowest BCUT2D eigenvalue weighted by Crippen LogP contribution is -2.34. The zero-order chi connectivity index (χ0) is 12.8. The van der Waals surface area contributed by atoms with Gasteiger partial charge in [-0.2, -0.15) is 11.3 Å². The summed E-state index contributed by atoms with van der Waals surface area (Å²) in [5, 5.41) is 4.06. The average molecular weight is 320 g/mol. The highest BCUT2D eigenvalue weighted by Gasteiger charge is 2.12. The molecular formula is C12H15Cl2N3OS. The summed E-state index contributed by atoms with van der Waals surface area (Å²) in [4.78, 5) is 17.5. The molecule has 0 aliphatic heterocycles. The molecule has 0 saturated heterocycles. The van der Waals surface area contributed by atoms with Gasteiger partial charge in [-0.3, -0.25) is 4.79 Å². The standard InChI is InChI=1S/C12H14ClN3OS.ClH/c13-7-12(17)16(8-11-1-6-18-9-11)5-4-15-3-2-14-10-15;/h1-3,6,9-10H,4-5,7-8H2;1H. The molecule has 0 saturated carbocycles. The normalized spacial score (nSPS) is 9.95.